The van der Waals surface area contributed by atoms with E-state index in [1.165, 1.54) is 36.4 Å². The van der Waals surface area contributed by atoms with E-state index in [1.807, 2.05) is 0 Å². The van der Waals surface area contributed by atoms with Gasteiger partial charge >= 0.3 is 0 Å². The zero-order chi connectivity index (χ0) is 17.0. The number of allylic oxidation sites excluding steroid dienone is 1. The molecular formula is C15H11ClN2O4S. The van der Waals surface area contributed by atoms with Crippen molar-refractivity contribution in [3.63, 3.8) is 0 Å². The van der Waals surface area contributed by atoms with Gasteiger partial charge in [-0.15, -0.1) is 0 Å². The zero-order valence-electron chi connectivity index (χ0n) is 11.6. The molecule has 0 heterocycles. The Labute approximate surface area is 137 Å². The van der Waals surface area contributed by atoms with Crippen LogP contribution in [0.3, 0.4) is 0 Å². The van der Waals surface area contributed by atoms with E-state index < -0.39 is 20.7 Å². The van der Waals surface area contributed by atoms with Crippen LogP contribution in [0, 0.1) is 11.3 Å². The van der Waals surface area contributed by atoms with Gasteiger partial charge in [-0.05, 0) is 48.0 Å². The number of halogens is 1. The van der Waals surface area contributed by atoms with Crippen LogP contribution in [-0.4, -0.2) is 18.6 Å². The van der Waals surface area contributed by atoms with Crippen LogP contribution in [0.15, 0.2) is 47.4 Å². The molecule has 0 bridgehead atoms. The normalized spacial score (nSPS) is 11.7. The first-order chi connectivity index (χ1) is 10.8. The van der Waals surface area contributed by atoms with Crippen molar-refractivity contribution in [2.75, 3.05) is 4.72 Å². The summed E-state index contributed by atoms with van der Waals surface area (Å²) in [7, 11) is -4.10. The molecule has 0 atom stereocenters. The Hall–Kier alpha value is -2.69. The number of benzene rings is 2. The number of aromatic hydroxyl groups is 2. The quantitative estimate of drug-likeness (QED) is 0.579. The molecule has 118 valence electrons. The van der Waals surface area contributed by atoms with E-state index in [2.05, 4.69) is 4.72 Å². The highest BCUT2D eigenvalue weighted by molar-refractivity contribution is 7.96. The lowest BCUT2D eigenvalue weighted by Crippen LogP contribution is -2.14. The Kier molecular flexibility index (Phi) is 4.79. The first kappa shape index (κ1) is 16.7. The molecule has 0 aromatic heterocycles. The minimum absolute atomic E-state index is 0.248. The van der Waals surface area contributed by atoms with Crippen LogP contribution in [0.5, 0.6) is 11.5 Å². The number of hydrogen-bond acceptors (Lipinski definition) is 5. The number of hydrogen-bond donors (Lipinski definition) is 3. The third-order valence-electron chi connectivity index (χ3n) is 2.79. The minimum Gasteiger partial charge on any atom is -0.504 e. The van der Waals surface area contributed by atoms with Gasteiger partial charge in [0.1, 0.15) is 6.07 Å². The molecule has 2 aromatic rings. The Morgan fingerprint density at radius 1 is 1.13 bits per heavy atom. The molecule has 6 nitrogen and oxygen atoms in total. The molecule has 2 aromatic carbocycles. The molecule has 0 radical (unpaired) electrons. The Morgan fingerprint density at radius 2 is 1.78 bits per heavy atom. The number of nitrogens with one attached hydrogen (secondary N) is 1. The second-order valence-corrected chi connectivity index (χ2v) is 6.57. The fourth-order valence-electron chi connectivity index (χ4n) is 1.68. The molecule has 2 rings (SSSR count). The van der Waals surface area contributed by atoms with E-state index >= 15 is 0 Å². The monoisotopic (exact) mass is 350 g/mol. The summed E-state index contributed by atoms with van der Waals surface area (Å²) in [4.78, 5) is -0.544. The SMILES string of the molecule is N#C/C(=C/c1ccc(O)c(O)c1)S(=O)(=O)Nc1ccc(Cl)cc1. The molecule has 0 fully saturated rings. The second-order valence-electron chi connectivity index (χ2n) is 4.48. The molecule has 23 heavy (non-hydrogen) atoms. The molecular weight excluding hydrogens is 340 g/mol. The van der Waals surface area contributed by atoms with E-state index in [4.69, 9.17) is 16.9 Å². The van der Waals surface area contributed by atoms with Gasteiger partial charge in [0.2, 0.25) is 0 Å². The third kappa shape index (κ3) is 4.16. The Morgan fingerprint density at radius 3 is 2.35 bits per heavy atom. The van der Waals surface area contributed by atoms with Crippen molar-refractivity contribution in [1.29, 1.82) is 5.26 Å². The predicted octanol–water partition coefficient (Wildman–Crippen LogP) is 3.06. The molecule has 0 saturated carbocycles. The lowest BCUT2D eigenvalue weighted by atomic mass is 10.2. The van der Waals surface area contributed by atoms with Crippen LogP contribution in [0.2, 0.25) is 5.02 Å². The average Bonchev–Trinajstić information content (AvgIpc) is 2.50. The van der Waals surface area contributed by atoms with Gasteiger partial charge in [-0.3, -0.25) is 4.72 Å². The summed E-state index contributed by atoms with van der Waals surface area (Å²) < 4.78 is 26.7. The maximum atomic E-state index is 12.2. The molecule has 0 spiro atoms. The number of anilines is 1. The number of sulfonamides is 1. The zero-order valence-corrected chi connectivity index (χ0v) is 13.1. The number of phenolic OH excluding ortho intramolecular Hbond substituents is 2. The number of rotatable bonds is 4. The van der Waals surface area contributed by atoms with E-state index in [0.717, 1.165) is 12.1 Å². The van der Waals surface area contributed by atoms with Crippen LogP contribution in [0.4, 0.5) is 5.69 Å². The fourth-order valence-corrected chi connectivity index (χ4v) is 2.77. The highest BCUT2D eigenvalue weighted by Gasteiger charge is 2.18. The van der Waals surface area contributed by atoms with Gasteiger partial charge in [0.25, 0.3) is 10.0 Å². The molecule has 0 saturated heterocycles. The summed E-state index contributed by atoms with van der Waals surface area (Å²) in [5, 5.41) is 28.2. The van der Waals surface area contributed by atoms with Crippen molar-refractivity contribution in [3.05, 3.63) is 58.0 Å². The summed E-state index contributed by atoms with van der Waals surface area (Å²) in [5.41, 5.74) is 0.502. The van der Waals surface area contributed by atoms with E-state index in [9.17, 15) is 18.6 Å². The molecule has 0 aliphatic carbocycles. The summed E-state index contributed by atoms with van der Waals surface area (Å²) in [5.74, 6) is -0.762. The molecule has 8 heteroatoms. The van der Waals surface area contributed by atoms with Crippen molar-refractivity contribution >= 4 is 33.4 Å². The number of phenols is 2. The maximum absolute atomic E-state index is 12.2. The van der Waals surface area contributed by atoms with Gasteiger partial charge in [0.15, 0.2) is 16.4 Å². The maximum Gasteiger partial charge on any atom is 0.272 e. The van der Waals surface area contributed by atoms with Crippen LogP contribution in [-0.2, 0) is 10.0 Å². The van der Waals surface area contributed by atoms with Gasteiger partial charge in [0.05, 0.1) is 0 Å². The molecule has 0 unspecified atom stereocenters. The van der Waals surface area contributed by atoms with Gasteiger partial charge in [-0.25, -0.2) is 8.42 Å². The summed E-state index contributed by atoms with van der Waals surface area (Å²) >= 11 is 5.72. The predicted molar refractivity (Wildman–Crippen MR) is 87.4 cm³/mol. The van der Waals surface area contributed by atoms with Crippen LogP contribution < -0.4 is 4.72 Å². The van der Waals surface area contributed by atoms with Gasteiger partial charge in [0, 0.05) is 10.7 Å². The van der Waals surface area contributed by atoms with Crippen LogP contribution >= 0.6 is 11.6 Å². The van der Waals surface area contributed by atoms with E-state index in [-0.39, 0.29) is 17.0 Å². The molecule has 3 N–H and O–H groups in total. The molecule has 0 aliphatic heterocycles. The van der Waals surface area contributed by atoms with Crippen molar-refractivity contribution in [2.45, 2.75) is 0 Å². The minimum atomic E-state index is -4.10. The third-order valence-corrected chi connectivity index (χ3v) is 4.34. The van der Waals surface area contributed by atoms with Crippen molar-refractivity contribution in [1.82, 2.24) is 0 Å². The first-order valence-corrected chi connectivity index (χ1v) is 8.10. The standard InChI is InChI=1S/C15H11ClN2O4S/c16-11-2-4-12(5-3-11)18-23(21,22)13(9-17)7-10-1-6-14(19)15(20)8-10/h1-8,18-20H/b13-7-. The summed E-state index contributed by atoms with van der Waals surface area (Å²) in [6, 6.07) is 11.2. The summed E-state index contributed by atoms with van der Waals surface area (Å²) in [6.45, 7) is 0. The lowest BCUT2D eigenvalue weighted by molar-refractivity contribution is 0.403. The van der Waals surface area contributed by atoms with Gasteiger partial charge in [-0.1, -0.05) is 17.7 Å². The summed E-state index contributed by atoms with van der Waals surface area (Å²) in [6.07, 6.45) is 1.08. The fraction of sp³-hybridized carbons (Fsp3) is 0. The van der Waals surface area contributed by atoms with Crippen molar-refractivity contribution in [3.8, 4) is 17.6 Å². The Bertz CT molecular complexity index is 900. The van der Waals surface area contributed by atoms with Gasteiger partial charge in [-0.2, -0.15) is 5.26 Å². The topological polar surface area (TPSA) is 110 Å². The smallest absolute Gasteiger partial charge is 0.272 e. The van der Waals surface area contributed by atoms with Crippen LogP contribution in [0.25, 0.3) is 6.08 Å². The van der Waals surface area contributed by atoms with Crippen molar-refractivity contribution < 1.29 is 18.6 Å². The van der Waals surface area contributed by atoms with E-state index in [0.29, 0.717) is 5.02 Å². The molecule has 0 amide bonds. The highest BCUT2D eigenvalue weighted by Crippen LogP contribution is 2.26. The lowest BCUT2D eigenvalue weighted by Gasteiger charge is -2.07. The first-order valence-electron chi connectivity index (χ1n) is 6.24. The number of nitrogens with zero attached hydrogens (tertiary/aromatic N) is 1. The highest BCUT2D eigenvalue weighted by atomic mass is 35.5. The second kappa shape index (κ2) is 6.60. The average molecular weight is 351 g/mol. The number of nitriles is 1. The van der Waals surface area contributed by atoms with Crippen LogP contribution in [0.1, 0.15) is 5.56 Å². The molecule has 0 aliphatic rings. The van der Waals surface area contributed by atoms with Gasteiger partial charge < -0.3 is 10.2 Å². The Balaban J connectivity index is 2.34. The van der Waals surface area contributed by atoms with E-state index in [1.54, 1.807) is 6.07 Å². The van der Waals surface area contributed by atoms with Crippen molar-refractivity contribution in [2.24, 2.45) is 0 Å². The largest absolute Gasteiger partial charge is 0.504 e.